The smallest absolute Gasteiger partial charge is 0.401 e. The van der Waals surface area contributed by atoms with Gasteiger partial charge in [-0.3, -0.25) is 0 Å². The van der Waals surface area contributed by atoms with E-state index in [2.05, 4.69) is 6.92 Å². The van der Waals surface area contributed by atoms with E-state index in [9.17, 15) is 0 Å². The van der Waals surface area contributed by atoms with Crippen LogP contribution in [0.3, 0.4) is 0 Å². The van der Waals surface area contributed by atoms with Crippen molar-refractivity contribution in [2.45, 2.75) is 64.7 Å². The van der Waals surface area contributed by atoms with Crippen LogP contribution in [0.2, 0.25) is 0 Å². The maximum absolute atomic E-state index is 6.01. The van der Waals surface area contributed by atoms with Crippen LogP contribution in [0.5, 0.6) is 0 Å². The lowest BCUT2D eigenvalue weighted by Gasteiger charge is -2.32. The van der Waals surface area contributed by atoms with Crippen molar-refractivity contribution in [1.82, 2.24) is 0 Å². The summed E-state index contributed by atoms with van der Waals surface area (Å²) in [6.45, 7) is 12.5. The molecule has 0 radical (unpaired) electrons. The van der Waals surface area contributed by atoms with Crippen LogP contribution < -0.4 is 0 Å². The molecule has 1 aliphatic heterocycles. The fourth-order valence-corrected chi connectivity index (χ4v) is 1.62. The van der Waals surface area contributed by atoms with E-state index in [1.165, 1.54) is 0 Å². The number of ether oxygens (including phenoxy) is 2. The summed E-state index contributed by atoms with van der Waals surface area (Å²) in [7, 11) is 1.24. The molecule has 0 aromatic carbocycles. The van der Waals surface area contributed by atoms with E-state index in [0.29, 0.717) is 0 Å². The highest BCUT2D eigenvalue weighted by Gasteiger charge is 2.58. The third-order valence-corrected chi connectivity index (χ3v) is 3.96. The summed E-state index contributed by atoms with van der Waals surface area (Å²) < 4.78 is 22.7. The number of hydrogen-bond acceptors (Lipinski definition) is 4. The highest BCUT2D eigenvalue weighted by Crippen LogP contribution is 2.41. The van der Waals surface area contributed by atoms with Crippen LogP contribution in [0.25, 0.3) is 0 Å². The fourth-order valence-electron chi connectivity index (χ4n) is 1.62. The molecule has 1 rings (SSSR count). The van der Waals surface area contributed by atoms with Crippen molar-refractivity contribution in [3.05, 3.63) is 0 Å². The topological polar surface area (TPSA) is 36.9 Å². The van der Waals surface area contributed by atoms with E-state index in [0.717, 1.165) is 6.42 Å². The number of rotatable bonds is 5. The van der Waals surface area contributed by atoms with E-state index in [1.807, 2.05) is 34.6 Å². The first-order chi connectivity index (χ1) is 7.68. The number of hydrogen-bond donors (Lipinski definition) is 0. The molecule has 1 fully saturated rings. The Morgan fingerprint density at radius 2 is 1.59 bits per heavy atom. The minimum absolute atomic E-state index is 0.244. The summed E-state index contributed by atoms with van der Waals surface area (Å²) in [5.74, 6) is 0. The van der Waals surface area contributed by atoms with E-state index < -0.39 is 5.50 Å². The molecular formula is C12H25BO4. The Hall–Kier alpha value is -0.0951. The molecule has 0 amide bonds. The molecule has 4 nitrogen and oxygen atoms in total. The van der Waals surface area contributed by atoms with Crippen LogP contribution in [0.15, 0.2) is 0 Å². The minimum Gasteiger partial charge on any atom is -0.401 e. The third kappa shape index (κ3) is 2.84. The number of methoxy groups -OCH3 is 1. The van der Waals surface area contributed by atoms with E-state index in [-0.39, 0.29) is 25.1 Å². The summed E-state index contributed by atoms with van der Waals surface area (Å²) >= 11 is 0. The molecule has 17 heavy (non-hydrogen) atoms. The highest BCUT2D eigenvalue weighted by atomic mass is 16.7. The van der Waals surface area contributed by atoms with Crippen molar-refractivity contribution < 1.29 is 18.8 Å². The Bertz CT molecular complexity index is 251. The summed E-state index contributed by atoms with van der Waals surface area (Å²) in [5, 5.41) is 0. The van der Waals surface area contributed by atoms with Gasteiger partial charge < -0.3 is 18.8 Å². The minimum atomic E-state index is -0.485. The average molecular weight is 244 g/mol. The van der Waals surface area contributed by atoms with Crippen molar-refractivity contribution in [3.63, 3.8) is 0 Å². The predicted octanol–water partition coefficient (Wildman–Crippen LogP) is 2.41. The van der Waals surface area contributed by atoms with Crippen LogP contribution in [0.4, 0.5) is 0 Å². The molecule has 1 atom stereocenters. The third-order valence-electron chi connectivity index (χ3n) is 3.96. The second kappa shape index (κ2) is 4.88. The molecule has 0 aromatic rings. The summed E-state index contributed by atoms with van der Waals surface area (Å²) in [4.78, 5) is 0. The summed E-state index contributed by atoms with van der Waals surface area (Å²) in [5.41, 5.74) is -1.14. The van der Waals surface area contributed by atoms with Gasteiger partial charge in [0.2, 0.25) is 0 Å². The molecule has 100 valence electrons. The molecular weight excluding hydrogens is 219 g/mol. The maximum atomic E-state index is 6.01. The maximum Gasteiger partial charge on any atom is 0.492 e. The van der Waals surface area contributed by atoms with E-state index >= 15 is 0 Å². The van der Waals surface area contributed by atoms with Gasteiger partial charge in [0.05, 0.1) is 11.2 Å². The van der Waals surface area contributed by atoms with Crippen LogP contribution in [0, 0.1) is 0 Å². The standard InChI is InChI=1S/C12H25BO4/c1-8-12(6,15-9-14-7)13-16-10(2,3)11(4,5)17-13/h8-9H2,1-7H3. The van der Waals surface area contributed by atoms with E-state index in [4.69, 9.17) is 18.8 Å². The van der Waals surface area contributed by atoms with Gasteiger partial charge in [0, 0.05) is 7.11 Å². The van der Waals surface area contributed by atoms with Crippen molar-refractivity contribution in [2.24, 2.45) is 0 Å². The van der Waals surface area contributed by atoms with E-state index in [1.54, 1.807) is 7.11 Å². The molecule has 0 bridgehead atoms. The van der Waals surface area contributed by atoms with Gasteiger partial charge in [-0.05, 0) is 41.0 Å². The first kappa shape index (κ1) is 15.0. The Morgan fingerprint density at radius 3 is 1.94 bits per heavy atom. The molecule has 1 aliphatic rings. The van der Waals surface area contributed by atoms with Crippen molar-refractivity contribution >= 4 is 7.12 Å². The second-order valence-electron chi connectivity index (χ2n) is 5.81. The second-order valence-corrected chi connectivity index (χ2v) is 5.81. The summed E-state index contributed by atoms with van der Waals surface area (Å²) in [6, 6.07) is 0. The molecule has 1 saturated heterocycles. The van der Waals surface area contributed by atoms with Gasteiger partial charge in [0.15, 0.2) is 0 Å². The summed E-state index contributed by atoms with van der Waals surface area (Å²) in [6.07, 6.45) is 0.799. The zero-order valence-electron chi connectivity index (χ0n) is 12.1. The normalized spacial score (nSPS) is 25.9. The molecule has 1 unspecified atom stereocenters. The van der Waals surface area contributed by atoms with Crippen molar-refractivity contribution in [1.29, 1.82) is 0 Å². The molecule has 0 saturated carbocycles. The monoisotopic (exact) mass is 244 g/mol. The van der Waals surface area contributed by atoms with Crippen LogP contribution >= 0.6 is 0 Å². The Morgan fingerprint density at radius 1 is 1.12 bits per heavy atom. The zero-order valence-corrected chi connectivity index (χ0v) is 12.1. The fraction of sp³-hybridized carbons (Fsp3) is 1.00. The first-order valence-corrected chi connectivity index (χ1v) is 6.17. The SMILES string of the molecule is CCC(C)(OCOC)B1OC(C)(C)C(C)(C)O1. The lowest BCUT2D eigenvalue weighted by atomic mass is 9.66. The van der Waals surface area contributed by atoms with Crippen LogP contribution in [-0.4, -0.2) is 37.7 Å². The molecule has 0 N–H and O–H groups in total. The first-order valence-electron chi connectivity index (χ1n) is 6.17. The Labute approximate surface area is 105 Å². The van der Waals surface area contributed by atoms with Gasteiger partial charge >= 0.3 is 7.12 Å². The van der Waals surface area contributed by atoms with Gasteiger partial charge in [-0.15, -0.1) is 0 Å². The molecule has 0 aliphatic carbocycles. The lowest BCUT2D eigenvalue weighted by molar-refractivity contribution is -0.100. The highest BCUT2D eigenvalue weighted by molar-refractivity contribution is 6.49. The van der Waals surface area contributed by atoms with Crippen LogP contribution in [-0.2, 0) is 18.8 Å². The molecule has 0 spiro atoms. The van der Waals surface area contributed by atoms with Gasteiger partial charge in [-0.2, -0.15) is 0 Å². The average Bonchev–Trinajstić information content (AvgIpc) is 2.45. The van der Waals surface area contributed by atoms with Gasteiger partial charge in [0.1, 0.15) is 12.3 Å². The predicted molar refractivity (Wildman–Crippen MR) is 67.7 cm³/mol. The van der Waals surface area contributed by atoms with Gasteiger partial charge in [-0.1, -0.05) is 6.92 Å². The largest absolute Gasteiger partial charge is 0.492 e. The molecule has 5 heteroatoms. The molecule has 1 heterocycles. The van der Waals surface area contributed by atoms with Crippen molar-refractivity contribution in [2.75, 3.05) is 13.9 Å². The Kier molecular flexibility index (Phi) is 4.30. The Balaban J connectivity index is 2.80. The van der Waals surface area contributed by atoms with Gasteiger partial charge in [-0.25, -0.2) is 0 Å². The molecule has 0 aromatic heterocycles. The lowest BCUT2D eigenvalue weighted by Crippen LogP contribution is -2.48. The zero-order chi connectivity index (χ0) is 13.3. The quantitative estimate of drug-likeness (QED) is 0.549. The van der Waals surface area contributed by atoms with Gasteiger partial charge in [0.25, 0.3) is 0 Å². The van der Waals surface area contributed by atoms with Crippen molar-refractivity contribution in [3.8, 4) is 0 Å². The van der Waals surface area contributed by atoms with Crippen LogP contribution in [0.1, 0.15) is 48.0 Å².